The molecular weight excluding hydrogens is 436 g/mol. The van der Waals surface area contributed by atoms with E-state index in [0.717, 1.165) is 24.0 Å². The van der Waals surface area contributed by atoms with Gasteiger partial charge in [0.15, 0.2) is 0 Å². The molecule has 0 amide bonds. The van der Waals surface area contributed by atoms with Gasteiger partial charge in [-0.05, 0) is 36.3 Å². The number of methoxy groups -OCH3 is 1. The van der Waals surface area contributed by atoms with Crippen molar-refractivity contribution in [1.82, 2.24) is 0 Å². The van der Waals surface area contributed by atoms with Gasteiger partial charge in [-0.2, -0.15) is 0 Å². The SMILES string of the molecule is C=C1[C@@H]2CC[C@@]3(C)[C@H](c4ccoc4)OC(=O)C[C@]13O[C@H]1CC(=O)C(C)(C)[C@@H](CC(=O)OC)[C@]12C. The van der Waals surface area contributed by atoms with Crippen LogP contribution in [0, 0.1) is 28.1 Å². The van der Waals surface area contributed by atoms with Gasteiger partial charge in [0.25, 0.3) is 0 Å². The molecule has 2 aliphatic heterocycles. The van der Waals surface area contributed by atoms with Gasteiger partial charge in [-0.25, -0.2) is 0 Å². The minimum Gasteiger partial charge on any atom is -0.472 e. The number of furan rings is 1. The summed E-state index contributed by atoms with van der Waals surface area (Å²) in [5.74, 6) is -0.889. The zero-order valence-corrected chi connectivity index (χ0v) is 20.6. The maximum atomic E-state index is 13.4. The van der Waals surface area contributed by atoms with E-state index in [9.17, 15) is 14.4 Å². The molecule has 5 rings (SSSR count). The lowest BCUT2D eigenvalue weighted by Gasteiger charge is -2.70. The highest BCUT2D eigenvalue weighted by Crippen LogP contribution is 2.71. The van der Waals surface area contributed by atoms with Crippen LogP contribution in [0.15, 0.2) is 35.2 Å². The molecule has 7 nitrogen and oxygen atoms in total. The van der Waals surface area contributed by atoms with Gasteiger partial charge >= 0.3 is 11.9 Å². The van der Waals surface area contributed by atoms with E-state index in [0.29, 0.717) is 0 Å². The predicted octanol–water partition coefficient (Wildman–Crippen LogP) is 4.56. The van der Waals surface area contributed by atoms with Crippen molar-refractivity contribution >= 4 is 17.7 Å². The molecule has 2 saturated heterocycles. The molecule has 7 atom stereocenters. The summed E-state index contributed by atoms with van der Waals surface area (Å²) >= 11 is 0. The van der Waals surface area contributed by atoms with Gasteiger partial charge in [-0.15, -0.1) is 0 Å². The summed E-state index contributed by atoms with van der Waals surface area (Å²) in [4.78, 5) is 38.8. The first-order valence-electron chi connectivity index (χ1n) is 12.1. The minimum absolute atomic E-state index is 0.00254. The number of ketones is 1. The van der Waals surface area contributed by atoms with Gasteiger partial charge in [0.1, 0.15) is 17.5 Å². The van der Waals surface area contributed by atoms with Crippen LogP contribution in [0.4, 0.5) is 0 Å². The van der Waals surface area contributed by atoms with Crippen LogP contribution in [0.1, 0.15) is 71.5 Å². The van der Waals surface area contributed by atoms with E-state index < -0.39 is 34.1 Å². The summed E-state index contributed by atoms with van der Waals surface area (Å²) in [6.07, 6.45) is 4.23. The highest BCUT2D eigenvalue weighted by molar-refractivity contribution is 5.87. The number of carbonyl (C=O) groups excluding carboxylic acids is 3. The molecule has 1 spiro atoms. The Bertz CT molecular complexity index is 1060. The van der Waals surface area contributed by atoms with E-state index in [-0.39, 0.29) is 48.8 Å². The van der Waals surface area contributed by atoms with Gasteiger partial charge < -0.3 is 18.6 Å². The molecule has 1 aromatic rings. The molecule has 2 aliphatic carbocycles. The van der Waals surface area contributed by atoms with Crippen LogP contribution in [-0.4, -0.2) is 36.5 Å². The average molecular weight is 471 g/mol. The van der Waals surface area contributed by atoms with Crippen molar-refractivity contribution in [3.63, 3.8) is 0 Å². The van der Waals surface area contributed by atoms with Crippen molar-refractivity contribution in [2.75, 3.05) is 7.11 Å². The zero-order chi connectivity index (χ0) is 24.7. The monoisotopic (exact) mass is 470 g/mol. The Kier molecular flexibility index (Phi) is 5.01. The predicted molar refractivity (Wildman–Crippen MR) is 121 cm³/mol. The Hall–Kier alpha value is -2.41. The standard InChI is InChI=1S/C27H34O7/c1-15-17-7-9-25(4)23(16-8-10-32-14-16)33-22(30)13-27(15,25)34-20-12-19(28)24(2,3)18(26(17,20)5)11-21(29)31-6/h8,10,14,17-18,20,23H,1,7,9,11-13H2,2-6H3/t17-,18+,20-,23-,25-,26+,27-/m0/s1. The molecule has 0 unspecified atom stereocenters. The fourth-order valence-electron chi connectivity index (χ4n) is 7.88. The van der Waals surface area contributed by atoms with E-state index in [1.54, 1.807) is 12.5 Å². The number of esters is 2. The molecule has 4 aliphatic rings. The Balaban J connectivity index is 1.63. The lowest BCUT2D eigenvalue weighted by molar-refractivity contribution is -0.298. The fourth-order valence-corrected chi connectivity index (χ4v) is 7.88. The third kappa shape index (κ3) is 2.76. The maximum Gasteiger partial charge on any atom is 0.309 e. The number of ether oxygens (including phenoxy) is 3. The van der Waals surface area contributed by atoms with Crippen LogP contribution in [0.3, 0.4) is 0 Å². The number of hydrogen-bond acceptors (Lipinski definition) is 7. The summed E-state index contributed by atoms with van der Waals surface area (Å²) in [6, 6.07) is 1.82. The van der Waals surface area contributed by atoms with E-state index in [1.807, 2.05) is 19.9 Å². The minimum atomic E-state index is -0.949. The number of cyclic esters (lactones) is 1. The van der Waals surface area contributed by atoms with Crippen molar-refractivity contribution in [1.29, 1.82) is 0 Å². The molecule has 2 saturated carbocycles. The molecular formula is C27H34O7. The van der Waals surface area contributed by atoms with Gasteiger partial charge in [0, 0.05) is 34.7 Å². The van der Waals surface area contributed by atoms with Crippen molar-refractivity contribution < 1.29 is 33.0 Å². The molecule has 34 heavy (non-hydrogen) atoms. The third-order valence-electron chi connectivity index (χ3n) is 9.98. The molecule has 0 aromatic carbocycles. The summed E-state index contributed by atoms with van der Waals surface area (Å²) in [5, 5.41) is 0. The van der Waals surface area contributed by atoms with Crippen molar-refractivity contribution in [2.24, 2.45) is 28.1 Å². The second-order valence-corrected chi connectivity index (χ2v) is 11.6. The summed E-state index contributed by atoms with van der Waals surface area (Å²) in [6.45, 7) is 12.6. The molecule has 0 N–H and O–H groups in total. The van der Waals surface area contributed by atoms with Gasteiger partial charge in [-0.3, -0.25) is 14.4 Å². The second-order valence-electron chi connectivity index (χ2n) is 11.6. The first kappa shape index (κ1) is 23.3. The summed E-state index contributed by atoms with van der Waals surface area (Å²) in [7, 11) is 1.38. The number of fused-ring (bicyclic) bond motifs is 3. The largest absolute Gasteiger partial charge is 0.472 e. The number of carbonyl (C=O) groups is 3. The zero-order valence-electron chi connectivity index (χ0n) is 20.6. The molecule has 0 radical (unpaired) electrons. The smallest absolute Gasteiger partial charge is 0.309 e. The molecule has 2 bridgehead atoms. The quantitative estimate of drug-likeness (QED) is 0.472. The van der Waals surface area contributed by atoms with Gasteiger partial charge in [-0.1, -0.05) is 34.3 Å². The highest BCUT2D eigenvalue weighted by Gasteiger charge is 2.73. The van der Waals surface area contributed by atoms with Crippen LogP contribution in [0.25, 0.3) is 0 Å². The second kappa shape index (κ2) is 7.30. The van der Waals surface area contributed by atoms with E-state index in [4.69, 9.17) is 18.6 Å². The van der Waals surface area contributed by atoms with Gasteiger partial charge in [0.2, 0.25) is 0 Å². The Morgan fingerprint density at radius 1 is 1.24 bits per heavy atom. The fraction of sp³-hybridized carbons (Fsp3) is 0.667. The Labute approximate surface area is 200 Å². The summed E-state index contributed by atoms with van der Waals surface area (Å²) in [5.41, 5.74) is -1.05. The lowest BCUT2D eigenvalue weighted by Crippen LogP contribution is -2.72. The van der Waals surface area contributed by atoms with E-state index in [2.05, 4.69) is 20.4 Å². The number of hydrogen-bond donors (Lipinski definition) is 0. The van der Waals surface area contributed by atoms with E-state index >= 15 is 0 Å². The normalized spacial score (nSPS) is 42.9. The number of rotatable bonds is 3. The van der Waals surface area contributed by atoms with Crippen LogP contribution in [0.5, 0.6) is 0 Å². The Morgan fingerprint density at radius 3 is 2.62 bits per heavy atom. The summed E-state index contributed by atoms with van der Waals surface area (Å²) < 4.78 is 23.2. The molecule has 3 heterocycles. The average Bonchev–Trinajstić information content (AvgIpc) is 3.30. The van der Waals surface area contributed by atoms with Crippen LogP contribution >= 0.6 is 0 Å². The van der Waals surface area contributed by atoms with Crippen molar-refractivity contribution in [3.8, 4) is 0 Å². The first-order valence-corrected chi connectivity index (χ1v) is 12.1. The number of Topliss-reactive ketones (excluding diaryl/α,β-unsaturated/α-hetero) is 1. The maximum absolute atomic E-state index is 13.4. The van der Waals surface area contributed by atoms with Crippen molar-refractivity contribution in [2.45, 2.75) is 77.6 Å². The van der Waals surface area contributed by atoms with Crippen LogP contribution in [-0.2, 0) is 28.6 Å². The molecule has 7 heteroatoms. The van der Waals surface area contributed by atoms with Crippen LogP contribution < -0.4 is 0 Å². The van der Waals surface area contributed by atoms with Crippen LogP contribution in [0.2, 0.25) is 0 Å². The van der Waals surface area contributed by atoms with E-state index in [1.165, 1.54) is 7.11 Å². The van der Waals surface area contributed by atoms with Crippen molar-refractivity contribution in [3.05, 3.63) is 36.3 Å². The van der Waals surface area contributed by atoms with Gasteiger partial charge in [0.05, 0.1) is 32.2 Å². The third-order valence-corrected chi connectivity index (χ3v) is 9.98. The first-order chi connectivity index (χ1) is 15.9. The topological polar surface area (TPSA) is 92.0 Å². The molecule has 4 fully saturated rings. The highest BCUT2D eigenvalue weighted by atomic mass is 16.6. The molecule has 184 valence electrons. The lowest BCUT2D eigenvalue weighted by atomic mass is 9.41. The molecule has 1 aromatic heterocycles. The Morgan fingerprint density at radius 2 is 1.97 bits per heavy atom.